The van der Waals surface area contributed by atoms with Crippen molar-refractivity contribution >= 4 is 40.7 Å². The third-order valence-corrected chi connectivity index (χ3v) is 5.37. The average Bonchev–Trinajstić information content (AvgIpc) is 2.75. The van der Waals surface area contributed by atoms with Crippen molar-refractivity contribution in [3.63, 3.8) is 0 Å². The number of piperazine rings is 1. The predicted molar refractivity (Wildman–Crippen MR) is 114 cm³/mol. The molecule has 2 aromatic carbocycles. The van der Waals surface area contributed by atoms with Crippen LogP contribution >= 0.6 is 11.6 Å². The van der Waals surface area contributed by atoms with Crippen LogP contribution in [-0.2, 0) is 9.59 Å². The Morgan fingerprint density at radius 1 is 1.00 bits per heavy atom. The number of para-hydroxylation sites is 2. The zero-order valence-electron chi connectivity index (χ0n) is 15.8. The fourth-order valence-corrected chi connectivity index (χ4v) is 3.67. The fourth-order valence-electron chi connectivity index (χ4n) is 3.48. The van der Waals surface area contributed by atoms with Crippen LogP contribution in [0.15, 0.2) is 59.6 Å². The molecule has 2 heterocycles. The van der Waals surface area contributed by atoms with Gasteiger partial charge in [-0.3, -0.25) is 14.9 Å². The van der Waals surface area contributed by atoms with Gasteiger partial charge in [-0.05, 0) is 24.3 Å². The van der Waals surface area contributed by atoms with E-state index in [9.17, 15) is 9.59 Å². The number of anilines is 2. The predicted octanol–water partition coefficient (Wildman–Crippen LogP) is 2.35. The van der Waals surface area contributed by atoms with Crippen LogP contribution in [0.3, 0.4) is 0 Å². The first-order valence-corrected chi connectivity index (χ1v) is 9.96. The average molecular weight is 412 g/mol. The van der Waals surface area contributed by atoms with Crippen molar-refractivity contribution in [2.75, 3.05) is 36.4 Å². The molecule has 1 fully saturated rings. The lowest BCUT2D eigenvalue weighted by molar-refractivity contribution is -0.125. The Bertz CT molecular complexity index is 926. The maximum Gasteiger partial charge on any atom is 0.249 e. The summed E-state index contributed by atoms with van der Waals surface area (Å²) >= 11 is 6.11. The molecule has 0 aliphatic carbocycles. The first-order valence-electron chi connectivity index (χ1n) is 9.58. The Balaban J connectivity index is 1.42. The van der Waals surface area contributed by atoms with Gasteiger partial charge >= 0.3 is 0 Å². The zero-order chi connectivity index (χ0) is 20.2. The van der Waals surface area contributed by atoms with E-state index in [4.69, 9.17) is 11.6 Å². The van der Waals surface area contributed by atoms with E-state index in [0.29, 0.717) is 29.8 Å². The smallest absolute Gasteiger partial charge is 0.249 e. The number of hydrogen-bond donors (Lipinski definition) is 2. The van der Waals surface area contributed by atoms with E-state index < -0.39 is 6.04 Å². The van der Waals surface area contributed by atoms with Crippen LogP contribution in [0.1, 0.15) is 6.42 Å². The number of amides is 2. The molecular formula is C21H22ClN5O2. The van der Waals surface area contributed by atoms with E-state index in [1.807, 2.05) is 23.1 Å². The Morgan fingerprint density at radius 3 is 2.38 bits per heavy atom. The summed E-state index contributed by atoms with van der Waals surface area (Å²) in [5.41, 5.74) is 1.69. The number of hydrogen-bond acceptors (Lipinski definition) is 5. The van der Waals surface area contributed by atoms with Crippen LogP contribution in [0, 0.1) is 0 Å². The highest BCUT2D eigenvalue weighted by Crippen LogP contribution is 2.22. The zero-order valence-corrected chi connectivity index (χ0v) is 16.6. The summed E-state index contributed by atoms with van der Waals surface area (Å²) in [5.74, 6) is -0.0820. The first kappa shape index (κ1) is 19.3. The summed E-state index contributed by atoms with van der Waals surface area (Å²) < 4.78 is 0. The molecule has 1 atom stereocenters. The molecule has 0 unspecified atom stereocenters. The van der Waals surface area contributed by atoms with Gasteiger partial charge in [0, 0.05) is 31.9 Å². The van der Waals surface area contributed by atoms with Crippen LogP contribution in [0.5, 0.6) is 0 Å². The van der Waals surface area contributed by atoms with E-state index in [1.54, 1.807) is 24.3 Å². The summed E-state index contributed by atoms with van der Waals surface area (Å²) in [6.07, 6.45) is 0.0176. The van der Waals surface area contributed by atoms with Gasteiger partial charge in [0.25, 0.3) is 0 Å². The van der Waals surface area contributed by atoms with Gasteiger partial charge in [0.2, 0.25) is 17.8 Å². The molecular weight excluding hydrogens is 390 g/mol. The molecule has 0 radical (unpaired) electrons. The van der Waals surface area contributed by atoms with Gasteiger partial charge in [0.05, 0.1) is 17.1 Å². The van der Waals surface area contributed by atoms with Gasteiger partial charge in [-0.15, -0.1) is 0 Å². The normalized spacial score (nSPS) is 19.4. The molecule has 29 heavy (non-hydrogen) atoms. The van der Waals surface area contributed by atoms with Gasteiger partial charge in [0.15, 0.2) is 0 Å². The van der Waals surface area contributed by atoms with E-state index >= 15 is 0 Å². The Morgan fingerprint density at radius 2 is 1.66 bits per heavy atom. The molecule has 4 rings (SSSR count). The Hall–Kier alpha value is -3.06. The number of guanidine groups is 1. The maximum absolute atomic E-state index is 12.6. The molecule has 150 valence electrons. The molecule has 0 saturated carbocycles. The summed E-state index contributed by atoms with van der Waals surface area (Å²) in [5, 5.41) is 6.03. The second-order valence-electron chi connectivity index (χ2n) is 7.00. The molecule has 7 nitrogen and oxygen atoms in total. The van der Waals surface area contributed by atoms with Crippen molar-refractivity contribution in [2.45, 2.75) is 12.5 Å². The summed E-state index contributed by atoms with van der Waals surface area (Å²) in [6, 6.07) is 16.4. The van der Waals surface area contributed by atoms with Gasteiger partial charge in [-0.2, -0.15) is 0 Å². The SMILES string of the molecule is O=C1C[C@@H](C(=O)Nc2ccccc2Cl)N=C(N2CCN(c3ccccc3)CC2)N1. The molecule has 0 spiro atoms. The van der Waals surface area contributed by atoms with Crippen LogP contribution < -0.4 is 15.5 Å². The molecule has 8 heteroatoms. The van der Waals surface area contributed by atoms with Crippen molar-refractivity contribution in [3.8, 4) is 0 Å². The fraction of sp³-hybridized carbons (Fsp3) is 0.286. The highest BCUT2D eigenvalue weighted by atomic mass is 35.5. The molecule has 2 N–H and O–H groups in total. The second kappa shape index (κ2) is 8.53. The maximum atomic E-state index is 12.6. The molecule has 2 aromatic rings. The number of carbonyl (C=O) groups is 2. The quantitative estimate of drug-likeness (QED) is 0.812. The number of aliphatic imine (C=N–C) groups is 1. The molecule has 0 aromatic heterocycles. The Kier molecular flexibility index (Phi) is 5.67. The van der Waals surface area contributed by atoms with Gasteiger partial charge < -0.3 is 15.1 Å². The molecule has 2 amide bonds. The van der Waals surface area contributed by atoms with Crippen LogP contribution in [0.4, 0.5) is 11.4 Å². The lowest BCUT2D eigenvalue weighted by Crippen LogP contribution is -2.56. The van der Waals surface area contributed by atoms with Crippen molar-refractivity contribution in [1.29, 1.82) is 0 Å². The number of benzene rings is 2. The van der Waals surface area contributed by atoms with Gasteiger partial charge in [-0.25, -0.2) is 4.99 Å². The largest absolute Gasteiger partial charge is 0.368 e. The molecule has 2 aliphatic rings. The molecule has 1 saturated heterocycles. The third-order valence-electron chi connectivity index (χ3n) is 5.04. The van der Waals surface area contributed by atoms with Crippen LogP contribution in [0.2, 0.25) is 5.02 Å². The number of rotatable bonds is 3. The van der Waals surface area contributed by atoms with E-state index in [0.717, 1.165) is 13.1 Å². The highest BCUT2D eigenvalue weighted by molar-refractivity contribution is 6.33. The summed E-state index contributed by atoms with van der Waals surface area (Å²) in [4.78, 5) is 33.7. The summed E-state index contributed by atoms with van der Waals surface area (Å²) in [6.45, 7) is 3.06. The van der Waals surface area contributed by atoms with Crippen LogP contribution in [-0.4, -0.2) is 54.9 Å². The van der Waals surface area contributed by atoms with Crippen LogP contribution in [0.25, 0.3) is 0 Å². The lowest BCUT2D eigenvalue weighted by Gasteiger charge is -2.38. The topological polar surface area (TPSA) is 77.0 Å². The van der Waals surface area contributed by atoms with Gasteiger partial charge in [-0.1, -0.05) is 41.9 Å². The molecule has 2 aliphatic heterocycles. The third kappa shape index (κ3) is 4.51. The van der Waals surface area contributed by atoms with Crippen molar-refractivity contribution in [3.05, 3.63) is 59.6 Å². The standard InChI is InChI=1S/C21H22ClN5O2/c22-16-8-4-5-9-17(16)23-20(29)18-14-19(28)25-21(24-18)27-12-10-26(11-13-27)15-6-2-1-3-7-15/h1-9,18H,10-14H2,(H,23,29)(H,24,25,28)/t18-/m0/s1. The second-order valence-corrected chi connectivity index (χ2v) is 7.41. The number of nitrogens with one attached hydrogen (secondary N) is 2. The minimum atomic E-state index is -0.776. The minimum absolute atomic E-state index is 0.0176. The van der Waals surface area contributed by atoms with Crippen molar-refractivity contribution in [2.24, 2.45) is 4.99 Å². The lowest BCUT2D eigenvalue weighted by atomic mass is 10.1. The number of nitrogens with zero attached hydrogens (tertiary/aromatic N) is 3. The van der Waals surface area contributed by atoms with E-state index in [2.05, 4.69) is 32.7 Å². The van der Waals surface area contributed by atoms with E-state index in [-0.39, 0.29) is 18.2 Å². The number of carbonyl (C=O) groups excluding carboxylic acids is 2. The highest BCUT2D eigenvalue weighted by Gasteiger charge is 2.30. The van der Waals surface area contributed by atoms with Crippen molar-refractivity contribution in [1.82, 2.24) is 10.2 Å². The minimum Gasteiger partial charge on any atom is -0.368 e. The summed E-state index contributed by atoms with van der Waals surface area (Å²) in [7, 11) is 0. The number of halogens is 1. The first-order chi connectivity index (χ1) is 14.1. The Labute approximate surface area is 174 Å². The van der Waals surface area contributed by atoms with E-state index in [1.165, 1.54) is 5.69 Å². The van der Waals surface area contributed by atoms with Gasteiger partial charge in [0.1, 0.15) is 6.04 Å². The molecule has 0 bridgehead atoms. The monoisotopic (exact) mass is 411 g/mol. The van der Waals surface area contributed by atoms with Crippen molar-refractivity contribution < 1.29 is 9.59 Å².